The van der Waals surface area contributed by atoms with Crippen molar-refractivity contribution in [3.8, 4) is 11.5 Å². The number of aromatic nitrogens is 3. The molecule has 3 N–H and O–H groups in total. The van der Waals surface area contributed by atoms with Crippen molar-refractivity contribution in [1.29, 1.82) is 0 Å². The number of nitrogens with one attached hydrogen (secondary N) is 2. The lowest BCUT2D eigenvalue weighted by Crippen LogP contribution is -2.24. The van der Waals surface area contributed by atoms with Gasteiger partial charge < -0.3 is 25.2 Å². The highest BCUT2D eigenvalue weighted by Gasteiger charge is 2.37. The summed E-state index contributed by atoms with van der Waals surface area (Å²) >= 11 is 14.3. The van der Waals surface area contributed by atoms with Gasteiger partial charge in [0.2, 0.25) is 5.91 Å². The van der Waals surface area contributed by atoms with E-state index in [2.05, 4.69) is 39.0 Å². The third-order valence-corrected chi connectivity index (χ3v) is 7.22. The largest absolute Gasteiger partial charge is 0.495 e. The van der Waals surface area contributed by atoms with Gasteiger partial charge in [-0.1, -0.05) is 29.8 Å². The molecule has 0 spiro atoms. The van der Waals surface area contributed by atoms with Crippen molar-refractivity contribution >= 4 is 64.7 Å². The second-order valence-electron chi connectivity index (χ2n) is 7.89. The summed E-state index contributed by atoms with van der Waals surface area (Å²) < 4.78 is 12.2. The number of ether oxygens (including phenoxy) is 2. The van der Waals surface area contributed by atoms with Crippen LogP contribution in [0.3, 0.4) is 0 Å². The number of methoxy groups -OCH3 is 2. The molecule has 0 aliphatic rings. The van der Waals surface area contributed by atoms with Crippen molar-refractivity contribution in [2.75, 3.05) is 24.9 Å². The first-order valence-corrected chi connectivity index (χ1v) is 12.3. The zero-order valence-electron chi connectivity index (χ0n) is 20.8. The minimum Gasteiger partial charge on any atom is -0.495 e. The summed E-state index contributed by atoms with van der Waals surface area (Å²) in [5.41, 5.74) is -0.537. The monoisotopic (exact) mass is 564 g/mol. The molecule has 2 aromatic heterocycles. The number of hydrogen-bond donors (Lipinski definition) is 3. The topological polar surface area (TPSA) is 123 Å². The summed E-state index contributed by atoms with van der Waals surface area (Å²) in [5.74, 6) is 0.860. The molecule has 196 valence electrons. The zero-order chi connectivity index (χ0) is 27.5. The number of halogens is 2. The van der Waals surface area contributed by atoms with E-state index >= 15 is 0 Å². The predicted molar refractivity (Wildman–Crippen MR) is 148 cm³/mol. The Bertz CT molecular complexity index is 1370. The Morgan fingerprint density at radius 1 is 1.27 bits per heavy atom. The van der Waals surface area contributed by atoms with E-state index in [4.69, 9.17) is 32.7 Å². The van der Waals surface area contributed by atoms with Crippen molar-refractivity contribution < 1.29 is 19.4 Å². The zero-order valence-corrected chi connectivity index (χ0v) is 23.2. The summed E-state index contributed by atoms with van der Waals surface area (Å²) in [4.78, 5) is 21.2. The standard InChI is InChI=1S/C24H26Cl2N6O4S/c1-8-18(33)28-14-11-32(5)31-22(14)30-17(27-4)9-13-12(2)37-23(29-13)24(3,34)19-20(25)15(35-6)10-16(36-7)21(19)26/h8-11,34H,1,4H2,2-3,5-7H3,(H,28,33)(H,30,31)/b17-9+. The maximum absolute atomic E-state index is 11.8. The molecule has 1 unspecified atom stereocenters. The van der Waals surface area contributed by atoms with Crippen LogP contribution < -0.4 is 20.1 Å². The lowest BCUT2D eigenvalue weighted by Gasteiger charge is -2.25. The molecule has 0 aliphatic heterocycles. The minimum absolute atomic E-state index is 0.141. The van der Waals surface area contributed by atoms with Crippen molar-refractivity contribution in [3.63, 3.8) is 0 Å². The van der Waals surface area contributed by atoms with Crippen molar-refractivity contribution in [3.05, 3.63) is 61.9 Å². The third-order valence-electron chi connectivity index (χ3n) is 5.27. The van der Waals surface area contributed by atoms with E-state index in [0.717, 1.165) is 11.0 Å². The smallest absolute Gasteiger partial charge is 0.247 e. The molecule has 0 saturated heterocycles. The van der Waals surface area contributed by atoms with Gasteiger partial charge in [0.05, 0.1) is 36.2 Å². The number of aryl methyl sites for hydroxylation is 2. The van der Waals surface area contributed by atoms with Crippen LogP contribution in [0.1, 0.15) is 28.1 Å². The maximum Gasteiger partial charge on any atom is 0.247 e. The molecule has 0 aliphatic carbocycles. The van der Waals surface area contributed by atoms with Crippen LogP contribution in [0.15, 0.2) is 35.7 Å². The Hall–Kier alpha value is -3.38. The summed E-state index contributed by atoms with van der Waals surface area (Å²) in [6.45, 7) is 10.4. The molecular formula is C24H26Cl2N6O4S. The highest BCUT2D eigenvalue weighted by Crippen LogP contribution is 2.48. The minimum atomic E-state index is -1.68. The molecular weight excluding hydrogens is 539 g/mol. The van der Waals surface area contributed by atoms with Crippen LogP contribution in [-0.4, -0.2) is 46.7 Å². The van der Waals surface area contributed by atoms with Gasteiger partial charge in [-0.3, -0.25) is 9.48 Å². The van der Waals surface area contributed by atoms with Gasteiger partial charge in [-0.25, -0.2) is 9.98 Å². The molecule has 0 saturated carbocycles. The number of aliphatic imine (C=N–C) groups is 1. The van der Waals surface area contributed by atoms with E-state index in [1.165, 1.54) is 37.2 Å². The van der Waals surface area contributed by atoms with Crippen molar-refractivity contribution in [1.82, 2.24) is 14.8 Å². The molecule has 10 nitrogen and oxygen atoms in total. The number of rotatable bonds is 10. The Morgan fingerprint density at radius 2 is 1.89 bits per heavy atom. The average Bonchev–Trinajstić information content (AvgIpc) is 3.40. The van der Waals surface area contributed by atoms with Crippen LogP contribution in [0, 0.1) is 6.92 Å². The SMILES string of the molecule is C=CC(=O)Nc1cn(C)nc1N/C(=C/c1nc(C(C)(O)c2c(Cl)c(OC)cc(OC)c2Cl)sc1C)N=C. The molecule has 13 heteroatoms. The van der Waals surface area contributed by atoms with Crippen LogP contribution in [-0.2, 0) is 17.4 Å². The second kappa shape index (κ2) is 11.3. The molecule has 1 aromatic carbocycles. The number of aliphatic hydroxyl groups is 1. The first-order valence-electron chi connectivity index (χ1n) is 10.7. The fourth-order valence-corrected chi connectivity index (χ4v) is 5.21. The van der Waals surface area contributed by atoms with E-state index < -0.39 is 5.60 Å². The van der Waals surface area contributed by atoms with Crippen LogP contribution in [0.2, 0.25) is 10.0 Å². The number of carbonyl (C=O) groups is 1. The Morgan fingerprint density at radius 3 is 2.43 bits per heavy atom. The van der Waals surface area contributed by atoms with E-state index in [1.54, 1.807) is 25.4 Å². The van der Waals surface area contributed by atoms with E-state index in [0.29, 0.717) is 39.5 Å². The number of carbonyl (C=O) groups excluding carboxylic acids is 1. The fraction of sp³-hybridized carbons (Fsp3) is 0.250. The van der Waals surface area contributed by atoms with Gasteiger partial charge in [-0.15, -0.1) is 11.3 Å². The lowest BCUT2D eigenvalue weighted by molar-refractivity contribution is -0.111. The van der Waals surface area contributed by atoms with Gasteiger partial charge in [0.15, 0.2) is 5.82 Å². The predicted octanol–water partition coefficient (Wildman–Crippen LogP) is 5.00. The maximum atomic E-state index is 11.8. The Balaban J connectivity index is 2.02. The highest BCUT2D eigenvalue weighted by molar-refractivity contribution is 7.12. The van der Waals surface area contributed by atoms with Crippen LogP contribution >= 0.6 is 34.5 Å². The first kappa shape index (κ1) is 28.2. The summed E-state index contributed by atoms with van der Waals surface area (Å²) in [6.07, 6.45) is 4.42. The second-order valence-corrected chi connectivity index (χ2v) is 9.85. The van der Waals surface area contributed by atoms with Gasteiger partial charge in [-0.2, -0.15) is 5.10 Å². The van der Waals surface area contributed by atoms with Crippen molar-refractivity contribution in [2.24, 2.45) is 12.0 Å². The molecule has 3 rings (SSSR count). The molecule has 1 atom stereocenters. The normalized spacial score (nSPS) is 13.0. The molecule has 2 heterocycles. The molecule has 0 fully saturated rings. The summed E-state index contributed by atoms with van der Waals surface area (Å²) in [7, 11) is 4.62. The number of amides is 1. The van der Waals surface area contributed by atoms with E-state index in [-0.39, 0.29) is 21.5 Å². The van der Waals surface area contributed by atoms with Crippen molar-refractivity contribution in [2.45, 2.75) is 19.4 Å². The Labute approximate surface area is 228 Å². The fourth-order valence-electron chi connectivity index (χ4n) is 3.40. The van der Waals surface area contributed by atoms with E-state index in [1.807, 2.05) is 6.92 Å². The van der Waals surface area contributed by atoms with Gasteiger partial charge in [0.25, 0.3) is 0 Å². The number of thiazole rings is 1. The molecule has 3 aromatic rings. The summed E-state index contributed by atoms with van der Waals surface area (Å²) in [5, 5.41) is 22.2. The van der Waals surface area contributed by atoms with Crippen LogP contribution in [0.25, 0.3) is 6.08 Å². The van der Waals surface area contributed by atoms with Crippen LogP contribution in [0.5, 0.6) is 11.5 Å². The summed E-state index contributed by atoms with van der Waals surface area (Å²) in [6, 6.07) is 1.54. The van der Waals surface area contributed by atoms with Gasteiger partial charge in [0.1, 0.15) is 33.6 Å². The third kappa shape index (κ3) is 5.80. The molecule has 0 bridgehead atoms. The number of hydrogen-bond acceptors (Lipinski definition) is 9. The first-order chi connectivity index (χ1) is 17.5. The average molecular weight is 565 g/mol. The van der Waals surface area contributed by atoms with Crippen LogP contribution in [0.4, 0.5) is 11.5 Å². The molecule has 37 heavy (non-hydrogen) atoms. The van der Waals surface area contributed by atoms with Gasteiger partial charge in [0, 0.05) is 29.6 Å². The lowest BCUT2D eigenvalue weighted by atomic mass is 9.95. The number of anilines is 2. The van der Waals surface area contributed by atoms with Gasteiger partial charge in [-0.05, 0) is 26.6 Å². The number of nitrogens with zero attached hydrogens (tertiary/aromatic N) is 4. The quantitative estimate of drug-likeness (QED) is 0.234. The molecule has 1 amide bonds. The highest BCUT2D eigenvalue weighted by atomic mass is 35.5. The van der Waals surface area contributed by atoms with Gasteiger partial charge >= 0.3 is 0 Å². The number of benzene rings is 1. The Kier molecular flexibility index (Phi) is 8.64. The van der Waals surface area contributed by atoms with E-state index in [9.17, 15) is 9.90 Å². The molecule has 0 radical (unpaired) electrons.